The van der Waals surface area contributed by atoms with Gasteiger partial charge in [0, 0.05) is 19.4 Å². The lowest BCUT2D eigenvalue weighted by atomic mass is 10.1. The van der Waals surface area contributed by atoms with E-state index < -0.39 is 0 Å². The second-order valence-corrected chi connectivity index (χ2v) is 8.32. The minimum atomic E-state index is -0.367. The van der Waals surface area contributed by atoms with Crippen LogP contribution in [0.1, 0.15) is 62.6 Å². The Hall–Kier alpha value is -2.22. The van der Waals surface area contributed by atoms with E-state index in [1.54, 1.807) is 17.2 Å². The zero-order valence-electron chi connectivity index (χ0n) is 16.4. The van der Waals surface area contributed by atoms with E-state index in [0.29, 0.717) is 18.2 Å². The van der Waals surface area contributed by atoms with Gasteiger partial charge in [0.25, 0.3) is 0 Å². The number of hydrogen-bond donors (Lipinski definition) is 1. The number of aryl methyl sites for hydroxylation is 1. The van der Waals surface area contributed by atoms with Crippen molar-refractivity contribution in [1.82, 2.24) is 15.1 Å². The van der Waals surface area contributed by atoms with Crippen molar-refractivity contribution in [2.45, 2.75) is 64.8 Å². The molecule has 3 heterocycles. The fourth-order valence-electron chi connectivity index (χ4n) is 3.36. The van der Waals surface area contributed by atoms with Crippen molar-refractivity contribution >= 4 is 28.3 Å². The monoisotopic (exact) mass is 404 g/mol. The zero-order chi connectivity index (χ0) is 19.8. The number of furan rings is 1. The molecule has 0 aliphatic carbocycles. The van der Waals surface area contributed by atoms with Crippen LogP contribution in [-0.4, -0.2) is 33.5 Å². The van der Waals surface area contributed by atoms with Gasteiger partial charge >= 0.3 is 0 Å². The summed E-state index contributed by atoms with van der Waals surface area (Å²) in [6.07, 6.45) is 10.1. The molecule has 2 aromatic heterocycles. The van der Waals surface area contributed by atoms with E-state index in [2.05, 4.69) is 22.4 Å². The van der Waals surface area contributed by atoms with E-state index in [4.69, 9.17) is 4.42 Å². The minimum Gasteiger partial charge on any atom is -0.467 e. The van der Waals surface area contributed by atoms with Crippen molar-refractivity contribution in [3.05, 3.63) is 29.2 Å². The van der Waals surface area contributed by atoms with Crippen LogP contribution in [0.5, 0.6) is 0 Å². The van der Waals surface area contributed by atoms with Gasteiger partial charge in [0.05, 0.1) is 18.7 Å². The first-order valence-corrected chi connectivity index (χ1v) is 10.9. The summed E-state index contributed by atoms with van der Waals surface area (Å²) in [5.41, 5.74) is 0. The number of hydrogen-bond acceptors (Lipinski definition) is 6. The predicted octanol–water partition coefficient (Wildman–Crippen LogP) is 4.02. The van der Waals surface area contributed by atoms with Crippen LogP contribution < -0.4 is 5.32 Å². The third-order valence-electron chi connectivity index (χ3n) is 4.95. The summed E-state index contributed by atoms with van der Waals surface area (Å²) < 4.78 is 5.29. The van der Waals surface area contributed by atoms with E-state index in [1.807, 2.05) is 6.07 Å². The molecule has 3 rings (SSSR count). The van der Waals surface area contributed by atoms with Crippen molar-refractivity contribution < 1.29 is 14.0 Å². The highest BCUT2D eigenvalue weighted by molar-refractivity contribution is 7.15. The molecule has 0 aromatic carbocycles. The lowest BCUT2D eigenvalue weighted by molar-refractivity contribution is -0.128. The molecular formula is C20H28N4O3S. The maximum Gasteiger partial charge on any atom is 0.231 e. The van der Waals surface area contributed by atoms with Gasteiger partial charge in [-0.15, -0.1) is 10.2 Å². The molecule has 2 aromatic rings. The van der Waals surface area contributed by atoms with E-state index >= 15 is 0 Å². The van der Waals surface area contributed by atoms with Crippen LogP contribution in [0.2, 0.25) is 0 Å². The second-order valence-electron chi connectivity index (χ2n) is 7.26. The molecule has 2 amide bonds. The number of nitrogens with one attached hydrogen (secondary N) is 1. The summed E-state index contributed by atoms with van der Waals surface area (Å²) in [4.78, 5) is 26.3. The van der Waals surface area contributed by atoms with Gasteiger partial charge in [-0.05, 0) is 18.6 Å². The van der Waals surface area contributed by atoms with Gasteiger partial charge in [0.2, 0.25) is 16.9 Å². The molecule has 1 unspecified atom stereocenters. The van der Waals surface area contributed by atoms with Crippen molar-refractivity contribution in [3.63, 3.8) is 0 Å². The van der Waals surface area contributed by atoms with Crippen LogP contribution in [0, 0.1) is 5.92 Å². The van der Waals surface area contributed by atoms with Gasteiger partial charge in [0.15, 0.2) is 0 Å². The Bertz CT molecular complexity index is 759. The third-order valence-corrected chi connectivity index (χ3v) is 5.85. The van der Waals surface area contributed by atoms with Gasteiger partial charge < -0.3 is 14.6 Å². The summed E-state index contributed by atoms with van der Waals surface area (Å²) in [7, 11) is 0. The fourth-order valence-corrected chi connectivity index (χ4v) is 4.14. The lowest BCUT2D eigenvalue weighted by Gasteiger charge is -2.14. The molecule has 7 nitrogen and oxygen atoms in total. The summed E-state index contributed by atoms with van der Waals surface area (Å²) in [6.45, 7) is 3.01. The number of carbonyl (C=O) groups is 2. The molecule has 1 atom stereocenters. The molecular weight excluding hydrogens is 376 g/mol. The summed E-state index contributed by atoms with van der Waals surface area (Å²) in [5.74, 6) is 0.154. The van der Waals surface area contributed by atoms with Crippen LogP contribution in [0.4, 0.5) is 5.13 Å². The van der Waals surface area contributed by atoms with E-state index in [1.165, 1.54) is 43.4 Å². The zero-order valence-corrected chi connectivity index (χ0v) is 17.2. The van der Waals surface area contributed by atoms with E-state index in [-0.39, 0.29) is 24.2 Å². The molecule has 0 saturated carbocycles. The summed E-state index contributed by atoms with van der Waals surface area (Å²) in [6, 6.07) is 3.62. The number of carbonyl (C=O) groups excluding carboxylic acids is 2. The first-order valence-electron chi connectivity index (χ1n) is 10.1. The number of anilines is 1. The molecule has 0 spiro atoms. The molecule has 0 radical (unpaired) electrons. The van der Waals surface area contributed by atoms with Crippen molar-refractivity contribution in [2.24, 2.45) is 5.92 Å². The van der Waals surface area contributed by atoms with Crippen molar-refractivity contribution in [1.29, 1.82) is 0 Å². The summed E-state index contributed by atoms with van der Waals surface area (Å²) in [5, 5.41) is 12.5. The number of nitrogens with zero attached hydrogens (tertiary/aromatic N) is 3. The minimum absolute atomic E-state index is 0.0300. The van der Waals surface area contributed by atoms with Crippen molar-refractivity contribution in [3.8, 4) is 0 Å². The second kappa shape index (κ2) is 10.4. The summed E-state index contributed by atoms with van der Waals surface area (Å²) >= 11 is 1.43. The molecule has 152 valence electrons. The first kappa shape index (κ1) is 20.5. The third kappa shape index (κ3) is 5.89. The molecule has 1 N–H and O–H groups in total. The quantitative estimate of drug-likeness (QED) is 0.572. The fraction of sp³-hybridized carbons (Fsp3) is 0.600. The predicted molar refractivity (Wildman–Crippen MR) is 108 cm³/mol. The van der Waals surface area contributed by atoms with Gasteiger partial charge in [-0.2, -0.15) is 0 Å². The largest absolute Gasteiger partial charge is 0.467 e. The van der Waals surface area contributed by atoms with E-state index in [0.717, 1.165) is 23.6 Å². The molecule has 1 aliphatic heterocycles. The highest BCUT2D eigenvalue weighted by atomic mass is 32.1. The SMILES string of the molecule is CCCCCCCCc1nnc(NC(=O)C2CC(=O)N(Cc3ccco3)C2)s1. The number of amides is 2. The molecule has 28 heavy (non-hydrogen) atoms. The number of aromatic nitrogens is 2. The highest BCUT2D eigenvalue weighted by Crippen LogP contribution is 2.24. The van der Waals surface area contributed by atoms with Crippen molar-refractivity contribution in [2.75, 3.05) is 11.9 Å². The average Bonchev–Trinajstić information content (AvgIpc) is 3.41. The van der Waals surface area contributed by atoms with Crippen LogP contribution in [-0.2, 0) is 22.6 Å². The molecule has 1 saturated heterocycles. The molecule has 8 heteroatoms. The normalized spacial score (nSPS) is 16.7. The molecule has 1 aliphatic rings. The number of rotatable bonds is 11. The maximum absolute atomic E-state index is 12.5. The van der Waals surface area contributed by atoms with Crippen LogP contribution >= 0.6 is 11.3 Å². The maximum atomic E-state index is 12.5. The smallest absolute Gasteiger partial charge is 0.231 e. The van der Waals surface area contributed by atoms with Crippen LogP contribution in [0.3, 0.4) is 0 Å². The number of unbranched alkanes of at least 4 members (excludes halogenated alkanes) is 5. The van der Waals surface area contributed by atoms with Crippen LogP contribution in [0.15, 0.2) is 22.8 Å². The van der Waals surface area contributed by atoms with Gasteiger partial charge in [-0.1, -0.05) is 50.4 Å². The Morgan fingerprint density at radius 3 is 2.89 bits per heavy atom. The Morgan fingerprint density at radius 1 is 1.29 bits per heavy atom. The lowest BCUT2D eigenvalue weighted by Crippen LogP contribution is -2.27. The van der Waals surface area contributed by atoms with Gasteiger partial charge in [0.1, 0.15) is 10.8 Å². The highest BCUT2D eigenvalue weighted by Gasteiger charge is 2.35. The molecule has 1 fully saturated rings. The Balaban J connectivity index is 1.41. The first-order chi connectivity index (χ1) is 13.7. The number of likely N-dealkylation sites (tertiary alicyclic amines) is 1. The Labute approximate surface area is 169 Å². The Morgan fingerprint density at radius 2 is 2.11 bits per heavy atom. The average molecular weight is 405 g/mol. The topological polar surface area (TPSA) is 88.3 Å². The van der Waals surface area contributed by atoms with Gasteiger partial charge in [-0.25, -0.2) is 0 Å². The van der Waals surface area contributed by atoms with Crippen LogP contribution in [0.25, 0.3) is 0 Å². The van der Waals surface area contributed by atoms with E-state index in [9.17, 15) is 9.59 Å². The molecule has 0 bridgehead atoms. The van der Waals surface area contributed by atoms with Gasteiger partial charge in [-0.3, -0.25) is 9.59 Å². The standard InChI is InChI=1S/C20H28N4O3S/c1-2-3-4-5-6-7-10-17-22-23-20(28-17)21-19(26)15-12-18(25)24(13-15)14-16-9-8-11-27-16/h8-9,11,15H,2-7,10,12-14H2,1H3,(H,21,23,26). The Kier molecular flexibility index (Phi) is 7.59.